The van der Waals surface area contributed by atoms with E-state index < -0.39 is 0 Å². The SMILES string of the molecule is CC(C(=O)N(C)C(C)(C)C)N(C)C. The van der Waals surface area contributed by atoms with Gasteiger partial charge in [-0.15, -0.1) is 0 Å². The minimum atomic E-state index is -0.0959. The Morgan fingerprint density at radius 2 is 1.54 bits per heavy atom. The molecule has 3 nitrogen and oxygen atoms in total. The van der Waals surface area contributed by atoms with E-state index in [1.807, 2.05) is 53.7 Å². The van der Waals surface area contributed by atoms with E-state index in [0.717, 1.165) is 0 Å². The van der Waals surface area contributed by atoms with Crippen LogP contribution in [0.3, 0.4) is 0 Å². The number of carbonyl (C=O) groups is 1. The third-order valence-electron chi connectivity index (χ3n) is 2.47. The summed E-state index contributed by atoms with van der Waals surface area (Å²) in [5.74, 6) is 0.164. The lowest BCUT2D eigenvalue weighted by atomic mass is 10.1. The Kier molecular flexibility index (Phi) is 3.91. The van der Waals surface area contributed by atoms with E-state index in [2.05, 4.69) is 0 Å². The summed E-state index contributed by atoms with van der Waals surface area (Å²) in [6, 6.07) is -0.0516. The van der Waals surface area contributed by atoms with Crippen LogP contribution >= 0.6 is 0 Å². The first-order valence-corrected chi connectivity index (χ1v) is 4.62. The molecule has 0 aliphatic heterocycles. The Morgan fingerprint density at radius 1 is 1.15 bits per heavy atom. The fourth-order valence-electron chi connectivity index (χ4n) is 0.832. The molecule has 0 aliphatic carbocycles. The normalized spacial score (nSPS) is 14.5. The Morgan fingerprint density at radius 3 is 1.77 bits per heavy atom. The highest BCUT2D eigenvalue weighted by atomic mass is 16.2. The molecule has 1 unspecified atom stereocenters. The molecule has 13 heavy (non-hydrogen) atoms. The van der Waals surface area contributed by atoms with Crippen molar-refractivity contribution in [2.24, 2.45) is 0 Å². The zero-order valence-electron chi connectivity index (χ0n) is 9.88. The second kappa shape index (κ2) is 4.09. The molecule has 0 bridgehead atoms. The van der Waals surface area contributed by atoms with Crippen molar-refractivity contribution >= 4 is 5.91 Å². The maximum absolute atomic E-state index is 11.8. The van der Waals surface area contributed by atoms with Gasteiger partial charge in [-0.05, 0) is 41.8 Å². The monoisotopic (exact) mass is 186 g/mol. The smallest absolute Gasteiger partial charge is 0.239 e. The van der Waals surface area contributed by atoms with E-state index in [4.69, 9.17) is 0 Å². The molecule has 0 heterocycles. The molecule has 1 amide bonds. The summed E-state index contributed by atoms with van der Waals surface area (Å²) in [5, 5.41) is 0. The van der Waals surface area contributed by atoms with Gasteiger partial charge in [0.15, 0.2) is 0 Å². The van der Waals surface area contributed by atoms with Crippen molar-refractivity contribution in [1.29, 1.82) is 0 Å². The topological polar surface area (TPSA) is 23.6 Å². The zero-order chi connectivity index (χ0) is 10.8. The third kappa shape index (κ3) is 3.35. The molecule has 0 aromatic rings. The highest BCUT2D eigenvalue weighted by Crippen LogP contribution is 2.12. The van der Waals surface area contributed by atoms with Gasteiger partial charge in [0.2, 0.25) is 5.91 Å². The molecule has 0 saturated carbocycles. The lowest BCUT2D eigenvalue weighted by molar-refractivity contribution is -0.138. The van der Waals surface area contributed by atoms with Crippen LogP contribution in [0.15, 0.2) is 0 Å². The van der Waals surface area contributed by atoms with E-state index in [1.54, 1.807) is 4.90 Å². The van der Waals surface area contributed by atoms with Gasteiger partial charge in [-0.3, -0.25) is 9.69 Å². The van der Waals surface area contributed by atoms with Gasteiger partial charge in [0.1, 0.15) is 0 Å². The van der Waals surface area contributed by atoms with Gasteiger partial charge in [-0.2, -0.15) is 0 Å². The minimum Gasteiger partial charge on any atom is -0.340 e. The number of rotatable bonds is 2. The van der Waals surface area contributed by atoms with Crippen LogP contribution in [0.25, 0.3) is 0 Å². The van der Waals surface area contributed by atoms with Crippen LogP contribution in [0, 0.1) is 0 Å². The molecule has 0 N–H and O–H groups in total. The number of nitrogens with zero attached hydrogens (tertiary/aromatic N) is 2. The second-order valence-corrected chi connectivity index (χ2v) is 4.71. The summed E-state index contributed by atoms with van der Waals surface area (Å²) in [4.78, 5) is 15.5. The van der Waals surface area contributed by atoms with Gasteiger partial charge in [-0.1, -0.05) is 0 Å². The lowest BCUT2D eigenvalue weighted by Gasteiger charge is -2.35. The summed E-state index contributed by atoms with van der Waals surface area (Å²) in [5.41, 5.74) is -0.0959. The number of carbonyl (C=O) groups excluding carboxylic acids is 1. The van der Waals surface area contributed by atoms with Crippen molar-refractivity contribution < 1.29 is 4.79 Å². The van der Waals surface area contributed by atoms with Gasteiger partial charge < -0.3 is 4.90 Å². The van der Waals surface area contributed by atoms with Crippen molar-refractivity contribution in [2.75, 3.05) is 21.1 Å². The Labute approximate surface area is 81.7 Å². The average molecular weight is 186 g/mol. The van der Waals surface area contributed by atoms with Crippen LogP contribution in [-0.2, 0) is 4.79 Å². The third-order valence-corrected chi connectivity index (χ3v) is 2.47. The van der Waals surface area contributed by atoms with E-state index in [0.29, 0.717) is 0 Å². The molecule has 1 atom stereocenters. The Hall–Kier alpha value is -0.570. The van der Waals surface area contributed by atoms with Crippen molar-refractivity contribution in [3.63, 3.8) is 0 Å². The van der Waals surface area contributed by atoms with Crippen LogP contribution in [-0.4, -0.2) is 48.4 Å². The summed E-state index contributed by atoms with van der Waals surface area (Å²) in [6.07, 6.45) is 0. The van der Waals surface area contributed by atoms with E-state index in [9.17, 15) is 4.79 Å². The van der Waals surface area contributed by atoms with Gasteiger partial charge >= 0.3 is 0 Å². The Balaban J connectivity index is 4.44. The van der Waals surface area contributed by atoms with Gasteiger partial charge in [0.25, 0.3) is 0 Å². The first kappa shape index (κ1) is 12.4. The first-order chi connectivity index (χ1) is 5.68. The van der Waals surface area contributed by atoms with Gasteiger partial charge in [0.05, 0.1) is 6.04 Å². The lowest BCUT2D eigenvalue weighted by Crippen LogP contribution is -2.50. The average Bonchev–Trinajstić information content (AvgIpc) is 1.98. The molecule has 0 rings (SSSR count). The van der Waals surface area contributed by atoms with E-state index in [-0.39, 0.29) is 17.5 Å². The largest absolute Gasteiger partial charge is 0.340 e. The standard InChI is InChI=1S/C10H22N2O/c1-8(11(5)6)9(13)12(7)10(2,3)4/h8H,1-7H3. The van der Waals surface area contributed by atoms with E-state index in [1.165, 1.54) is 0 Å². The second-order valence-electron chi connectivity index (χ2n) is 4.71. The summed E-state index contributed by atoms with van der Waals surface area (Å²) >= 11 is 0. The minimum absolute atomic E-state index is 0.0516. The molecule has 3 heteroatoms. The van der Waals surface area contributed by atoms with Crippen LogP contribution in [0.5, 0.6) is 0 Å². The molecule has 0 aromatic heterocycles. The fourth-order valence-corrected chi connectivity index (χ4v) is 0.832. The number of likely N-dealkylation sites (N-methyl/N-ethyl adjacent to an activating group) is 2. The highest BCUT2D eigenvalue weighted by Gasteiger charge is 2.26. The molecule has 0 aromatic carbocycles. The first-order valence-electron chi connectivity index (χ1n) is 4.62. The van der Waals surface area contributed by atoms with Gasteiger partial charge in [-0.25, -0.2) is 0 Å². The molecule has 0 radical (unpaired) electrons. The number of hydrogen-bond acceptors (Lipinski definition) is 2. The van der Waals surface area contributed by atoms with Crippen molar-refractivity contribution in [1.82, 2.24) is 9.80 Å². The molecular weight excluding hydrogens is 164 g/mol. The van der Waals surface area contributed by atoms with Crippen LogP contribution in [0.2, 0.25) is 0 Å². The maximum atomic E-state index is 11.8. The molecule has 0 aliphatic rings. The Bertz CT molecular complexity index is 182. The number of hydrogen-bond donors (Lipinski definition) is 0. The predicted octanol–water partition coefficient (Wildman–Crippen LogP) is 1.19. The molecular formula is C10H22N2O. The molecule has 0 spiro atoms. The number of amides is 1. The van der Waals surface area contributed by atoms with Gasteiger partial charge in [0, 0.05) is 12.6 Å². The summed E-state index contributed by atoms with van der Waals surface area (Å²) < 4.78 is 0. The quantitative estimate of drug-likeness (QED) is 0.647. The summed E-state index contributed by atoms with van der Waals surface area (Å²) in [6.45, 7) is 8.03. The van der Waals surface area contributed by atoms with Crippen LogP contribution in [0.1, 0.15) is 27.7 Å². The molecule has 78 valence electrons. The molecule has 0 fully saturated rings. The molecule has 0 saturated heterocycles. The summed E-state index contributed by atoms with van der Waals surface area (Å²) in [7, 11) is 5.68. The highest BCUT2D eigenvalue weighted by molar-refractivity contribution is 5.81. The maximum Gasteiger partial charge on any atom is 0.239 e. The fraction of sp³-hybridized carbons (Fsp3) is 0.900. The van der Waals surface area contributed by atoms with Crippen molar-refractivity contribution in [3.8, 4) is 0 Å². The zero-order valence-corrected chi connectivity index (χ0v) is 9.88. The van der Waals surface area contributed by atoms with Crippen LogP contribution in [0.4, 0.5) is 0 Å². The van der Waals surface area contributed by atoms with Crippen LogP contribution < -0.4 is 0 Å². The van der Waals surface area contributed by atoms with Crippen molar-refractivity contribution in [2.45, 2.75) is 39.3 Å². The van der Waals surface area contributed by atoms with E-state index >= 15 is 0 Å². The predicted molar refractivity (Wildman–Crippen MR) is 55.7 cm³/mol. The van der Waals surface area contributed by atoms with Crippen molar-refractivity contribution in [3.05, 3.63) is 0 Å².